The lowest BCUT2D eigenvalue weighted by Crippen LogP contribution is -2.33. The minimum Gasteiger partial charge on any atom is -0.346 e. The number of fused-ring (bicyclic) bond motifs is 1. The van der Waals surface area contributed by atoms with Crippen LogP contribution >= 0.6 is 0 Å². The van der Waals surface area contributed by atoms with Gasteiger partial charge in [-0.2, -0.15) is 0 Å². The normalized spacial score (nSPS) is 21.1. The Morgan fingerprint density at radius 2 is 1.90 bits per heavy atom. The van der Waals surface area contributed by atoms with Gasteiger partial charge in [-0.05, 0) is 44.9 Å². The zero-order valence-electron chi connectivity index (χ0n) is 19.2. The average molecular weight is 402 g/mol. The molecule has 29 heavy (non-hydrogen) atoms. The molecule has 1 unspecified atom stereocenters. The first-order valence-corrected chi connectivity index (χ1v) is 11.3. The Morgan fingerprint density at radius 1 is 1.14 bits per heavy atom. The lowest BCUT2D eigenvalue weighted by atomic mass is 9.71. The van der Waals surface area contributed by atoms with Gasteiger partial charge in [0.1, 0.15) is 5.82 Å². The lowest BCUT2D eigenvalue weighted by Gasteiger charge is -2.35. The molecule has 0 saturated heterocycles. The Morgan fingerprint density at radius 3 is 2.59 bits per heavy atom. The van der Waals surface area contributed by atoms with Crippen molar-refractivity contribution in [1.29, 1.82) is 0 Å². The summed E-state index contributed by atoms with van der Waals surface area (Å²) in [5.74, 6) is 1.95. The van der Waals surface area contributed by atoms with Gasteiger partial charge in [-0.1, -0.05) is 38.8 Å². The predicted octanol–water partition coefficient (Wildman–Crippen LogP) is 3.89. The van der Waals surface area contributed by atoms with E-state index in [0.717, 1.165) is 44.2 Å². The molecule has 6 nitrogen and oxygen atoms in total. The van der Waals surface area contributed by atoms with Gasteiger partial charge in [-0.3, -0.25) is 4.79 Å². The summed E-state index contributed by atoms with van der Waals surface area (Å²) >= 11 is 0. The van der Waals surface area contributed by atoms with Gasteiger partial charge in [0.25, 0.3) is 0 Å². The minimum atomic E-state index is -0.117. The molecule has 2 heterocycles. The molecule has 1 amide bonds. The van der Waals surface area contributed by atoms with Gasteiger partial charge in [-0.15, -0.1) is 10.2 Å². The molecular weight excluding hydrogens is 362 g/mol. The maximum atomic E-state index is 12.1. The summed E-state index contributed by atoms with van der Waals surface area (Å²) in [4.78, 5) is 14.6. The SMILES string of the molecule is CC1=C(CCN2CCc3nnc(C(C)NC(=O)C(C)C)n3CC2)C(C)(C)CCC1. The molecule has 1 aliphatic heterocycles. The first kappa shape index (κ1) is 22.0. The summed E-state index contributed by atoms with van der Waals surface area (Å²) in [6.07, 6.45) is 5.99. The van der Waals surface area contributed by atoms with Crippen molar-refractivity contribution in [2.24, 2.45) is 11.3 Å². The molecule has 162 valence electrons. The standard InChI is InChI=1S/C23H39N5O/c1-16(2)22(29)24-18(4)21-26-25-20-10-13-27(14-15-28(20)21)12-9-19-17(3)8-7-11-23(19,5)6/h16,18H,7-15H2,1-6H3,(H,24,29). The van der Waals surface area contributed by atoms with Crippen molar-refractivity contribution in [2.45, 2.75) is 86.2 Å². The van der Waals surface area contributed by atoms with Crippen LogP contribution in [0.15, 0.2) is 11.1 Å². The van der Waals surface area contributed by atoms with Gasteiger partial charge in [0.15, 0.2) is 5.82 Å². The van der Waals surface area contributed by atoms with E-state index in [9.17, 15) is 4.79 Å². The predicted molar refractivity (Wildman–Crippen MR) is 117 cm³/mol. The molecule has 0 spiro atoms. The van der Waals surface area contributed by atoms with Crippen LogP contribution in [0.1, 0.15) is 84.9 Å². The average Bonchev–Trinajstić information content (AvgIpc) is 2.94. The van der Waals surface area contributed by atoms with E-state index in [4.69, 9.17) is 0 Å². The van der Waals surface area contributed by atoms with Crippen molar-refractivity contribution in [3.05, 3.63) is 22.8 Å². The van der Waals surface area contributed by atoms with Crippen LogP contribution in [0.4, 0.5) is 0 Å². The number of allylic oxidation sites excluding steroid dienone is 1. The topological polar surface area (TPSA) is 63.1 Å². The molecule has 6 heteroatoms. The zero-order chi connectivity index (χ0) is 21.2. The van der Waals surface area contributed by atoms with E-state index in [0.29, 0.717) is 5.41 Å². The van der Waals surface area contributed by atoms with Gasteiger partial charge in [0.2, 0.25) is 5.91 Å². The lowest BCUT2D eigenvalue weighted by molar-refractivity contribution is -0.124. The summed E-state index contributed by atoms with van der Waals surface area (Å²) in [6.45, 7) is 17.0. The molecule has 0 saturated carbocycles. The molecule has 2 aliphatic rings. The van der Waals surface area contributed by atoms with Gasteiger partial charge >= 0.3 is 0 Å². The van der Waals surface area contributed by atoms with Crippen molar-refractivity contribution < 1.29 is 4.79 Å². The number of hydrogen-bond acceptors (Lipinski definition) is 4. The number of carbonyl (C=O) groups excluding carboxylic acids is 1. The largest absolute Gasteiger partial charge is 0.346 e. The number of rotatable bonds is 6. The van der Waals surface area contributed by atoms with Gasteiger partial charge in [0, 0.05) is 38.5 Å². The first-order valence-electron chi connectivity index (χ1n) is 11.3. The fraction of sp³-hybridized carbons (Fsp3) is 0.783. The van der Waals surface area contributed by atoms with Gasteiger partial charge < -0.3 is 14.8 Å². The maximum Gasteiger partial charge on any atom is 0.223 e. The Labute approximate surface area is 176 Å². The Balaban J connectivity index is 1.61. The highest BCUT2D eigenvalue weighted by Gasteiger charge is 2.29. The van der Waals surface area contributed by atoms with Crippen molar-refractivity contribution in [3.8, 4) is 0 Å². The number of nitrogens with zero attached hydrogens (tertiary/aromatic N) is 4. The fourth-order valence-electron chi connectivity index (χ4n) is 4.87. The summed E-state index contributed by atoms with van der Waals surface area (Å²) in [5, 5.41) is 11.9. The number of amides is 1. The van der Waals surface area contributed by atoms with Crippen LogP contribution in [0.2, 0.25) is 0 Å². The van der Waals surface area contributed by atoms with E-state index in [1.54, 1.807) is 11.1 Å². The van der Waals surface area contributed by atoms with Crippen LogP contribution in [0, 0.1) is 11.3 Å². The van der Waals surface area contributed by atoms with E-state index in [-0.39, 0.29) is 17.9 Å². The number of aromatic nitrogens is 3. The Kier molecular flexibility index (Phi) is 6.82. The van der Waals surface area contributed by atoms with Gasteiger partial charge in [0.05, 0.1) is 6.04 Å². The molecule has 0 bridgehead atoms. The second-order valence-corrected chi connectivity index (χ2v) is 9.85. The summed E-state index contributed by atoms with van der Waals surface area (Å²) < 4.78 is 2.22. The molecule has 1 aliphatic carbocycles. The molecule has 1 aromatic rings. The third-order valence-corrected chi connectivity index (χ3v) is 6.78. The highest BCUT2D eigenvalue weighted by Crippen LogP contribution is 2.41. The molecule has 1 atom stereocenters. The number of nitrogens with one attached hydrogen (secondary N) is 1. The fourth-order valence-corrected chi connectivity index (χ4v) is 4.87. The molecule has 0 aromatic carbocycles. The second kappa shape index (κ2) is 8.99. The van der Waals surface area contributed by atoms with Crippen LogP contribution in [-0.2, 0) is 17.8 Å². The van der Waals surface area contributed by atoms with Crippen LogP contribution in [0.5, 0.6) is 0 Å². The van der Waals surface area contributed by atoms with Crippen molar-refractivity contribution in [1.82, 2.24) is 25.0 Å². The van der Waals surface area contributed by atoms with E-state index in [1.807, 2.05) is 20.8 Å². The number of hydrogen-bond donors (Lipinski definition) is 1. The molecule has 1 N–H and O–H groups in total. The van der Waals surface area contributed by atoms with Crippen LogP contribution < -0.4 is 5.32 Å². The third-order valence-electron chi connectivity index (χ3n) is 6.78. The molecule has 1 aromatic heterocycles. The highest BCUT2D eigenvalue weighted by molar-refractivity contribution is 5.78. The maximum absolute atomic E-state index is 12.1. The summed E-state index contributed by atoms with van der Waals surface area (Å²) in [6, 6.07) is -0.117. The van der Waals surface area contributed by atoms with E-state index in [2.05, 4.69) is 45.8 Å². The molecule has 3 rings (SSSR count). The molecule has 0 radical (unpaired) electrons. The van der Waals surface area contributed by atoms with Gasteiger partial charge in [-0.25, -0.2) is 0 Å². The smallest absolute Gasteiger partial charge is 0.223 e. The van der Waals surface area contributed by atoms with Crippen LogP contribution in [-0.4, -0.2) is 45.2 Å². The van der Waals surface area contributed by atoms with Crippen molar-refractivity contribution in [2.75, 3.05) is 19.6 Å². The Hall–Kier alpha value is -1.69. The number of carbonyl (C=O) groups is 1. The Bertz CT molecular complexity index is 761. The van der Waals surface area contributed by atoms with E-state index in [1.165, 1.54) is 25.7 Å². The van der Waals surface area contributed by atoms with Crippen molar-refractivity contribution >= 4 is 5.91 Å². The second-order valence-electron chi connectivity index (χ2n) is 9.85. The molecular formula is C23H39N5O. The molecule has 0 fully saturated rings. The third kappa shape index (κ3) is 5.08. The minimum absolute atomic E-state index is 0.0266. The van der Waals surface area contributed by atoms with Crippen LogP contribution in [0.25, 0.3) is 0 Å². The van der Waals surface area contributed by atoms with E-state index < -0.39 is 0 Å². The van der Waals surface area contributed by atoms with E-state index >= 15 is 0 Å². The summed E-state index contributed by atoms with van der Waals surface area (Å²) in [7, 11) is 0. The van der Waals surface area contributed by atoms with Crippen LogP contribution in [0.3, 0.4) is 0 Å². The summed E-state index contributed by atoms with van der Waals surface area (Å²) in [5.41, 5.74) is 3.64. The quantitative estimate of drug-likeness (QED) is 0.735. The van der Waals surface area contributed by atoms with Crippen molar-refractivity contribution in [3.63, 3.8) is 0 Å². The zero-order valence-corrected chi connectivity index (χ0v) is 19.2. The first-order chi connectivity index (χ1) is 13.7. The monoisotopic (exact) mass is 401 g/mol. The highest BCUT2D eigenvalue weighted by atomic mass is 16.1.